The zero-order valence-electron chi connectivity index (χ0n) is 9.81. The number of benzene rings is 1. The molecule has 0 saturated carbocycles. The molecule has 1 N–H and O–H groups in total. The molecule has 0 heterocycles. The molecule has 0 saturated heterocycles. The Morgan fingerprint density at radius 1 is 1.25 bits per heavy atom. The summed E-state index contributed by atoms with van der Waals surface area (Å²) in [5.74, 6) is -0.304. The van der Waals surface area contributed by atoms with Gasteiger partial charge in [0.25, 0.3) is 0 Å². The van der Waals surface area contributed by atoms with Crippen molar-refractivity contribution in [1.82, 2.24) is 0 Å². The van der Waals surface area contributed by atoms with Crippen LogP contribution in [0.4, 0.5) is 0 Å². The number of hydrogen-bond acceptors (Lipinski definition) is 1. The SMILES string of the molecule is CCC(CC)c1ccc(/C=C/C(=O)O)cc1. The third kappa shape index (κ3) is 3.54. The summed E-state index contributed by atoms with van der Waals surface area (Å²) in [6, 6.07) is 8.10. The lowest BCUT2D eigenvalue weighted by Gasteiger charge is -2.12. The summed E-state index contributed by atoms with van der Waals surface area (Å²) in [7, 11) is 0. The molecule has 0 aliphatic rings. The van der Waals surface area contributed by atoms with Crippen LogP contribution in [0.25, 0.3) is 6.08 Å². The van der Waals surface area contributed by atoms with Crippen LogP contribution < -0.4 is 0 Å². The van der Waals surface area contributed by atoms with Crippen LogP contribution in [0.1, 0.15) is 43.7 Å². The highest BCUT2D eigenvalue weighted by Gasteiger charge is 2.05. The van der Waals surface area contributed by atoms with E-state index >= 15 is 0 Å². The minimum absolute atomic E-state index is 0.609. The van der Waals surface area contributed by atoms with Crippen LogP contribution in [-0.4, -0.2) is 11.1 Å². The maximum atomic E-state index is 10.4. The van der Waals surface area contributed by atoms with Gasteiger partial charge in [0, 0.05) is 6.08 Å². The largest absolute Gasteiger partial charge is 0.478 e. The van der Waals surface area contributed by atoms with E-state index in [0.29, 0.717) is 5.92 Å². The summed E-state index contributed by atoms with van der Waals surface area (Å²) in [5, 5.41) is 8.51. The van der Waals surface area contributed by atoms with E-state index in [4.69, 9.17) is 5.11 Å². The average Bonchev–Trinajstić information content (AvgIpc) is 2.29. The molecule has 0 atom stereocenters. The standard InChI is InChI=1S/C14H18O2/c1-3-12(4-2)13-8-5-11(6-9-13)7-10-14(15)16/h5-10,12H,3-4H2,1-2H3,(H,15,16)/b10-7+. The summed E-state index contributed by atoms with van der Waals surface area (Å²) < 4.78 is 0. The van der Waals surface area contributed by atoms with Crippen molar-refractivity contribution in [2.24, 2.45) is 0 Å². The molecule has 0 amide bonds. The molecule has 2 nitrogen and oxygen atoms in total. The lowest BCUT2D eigenvalue weighted by atomic mass is 9.93. The molecule has 0 aliphatic carbocycles. The van der Waals surface area contributed by atoms with Gasteiger partial charge >= 0.3 is 5.97 Å². The Hall–Kier alpha value is -1.57. The van der Waals surface area contributed by atoms with E-state index in [1.54, 1.807) is 6.08 Å². The van der Waals surface area contributed by atoms with Gasteiger partial charge in [0.15, 0.2) is 0 Å². The molecule has 1 aromatic carbocycles. The number of hydrogen-bond donors (Lipinski definition) is 1. The highest BCUT2D eigenvalue weighted by molar-refractivity contribution is 5.85. The highest BCUT2D eigenvalue weighted by atomic mass is 16.4. The molecule has 1 aromatic rings. The second kappa shape index (κ2) is 6.11. The monoisotopic (exact) mass is 218 g/mol. The van der Waals surface area contributed by atoms with Crippen molar-refractivity contribution in [3.8, 4) is 0 Å². The lowest BCUT2D eigenvalue weighted by molar-refractivity contribution is -0.131. The van der Waals surface area contributed by atoms with Gasteiger partial charge < -0.3 is 5.11 Å². The molecule has 0 radical (unpaired) electrons. The van der Waals surface area contributed by atoms with Gasteiger partial charge in [-0.2, -0.15) is 0 Å². The third-order valence-electron chi connectivity index (χ3n) is 2.81. The van der Waals surface area contributed by atoms with Gasteiger partial charge in [-0.15, -0.1) is 0 Å². The van der Waals surface area contributed by atoms with Crippen molar-refractivity contribution < 1.29 is 9.90 Å². The van der Waals surface area contributed by atoms with Crippen LogP contribution in [0, 0.1) is 0 Å². The normalized spacial score (nSPS) is 11.2. The summed E-state index contributed by atoms with van der Waals surface area (Å²) in [4.78, 5) is 10.4. The van der Waals surface area contributed by atoms with Gasteiger partial charge in [-0.05, 0) is 36.0 Å². The molecule has 0 spiro atoms. The maximum absolute atomic E-state index is 10.4. The summed E-state index contributed by atoms with van der Waals surface area (Å²) >= 11 is 0. The molecule has 2 heteroatoms. The van der Waals surface area contributed by atoms with Crippen LogP contribution >= 0.6 is 0 Å². The fraction of sp³-hybridized carbons (Fsp3) is 0.357. The van der Waals surface area contributed by atoms with Gasteiger partial charge in [0.2, 0.25) is 0 Å². The van der Waals surface area contributed by atoms with Crippen molar-refractivity contribution in [3.63, 3.8) is 0 Å². The molecule has 16 heavy (non-hydrogen) atoms. The molecule has 1 rings (SSSR count). The Bertz CT molecular complexity index is 359. The number of aliphatic carboxylic acids is 1. The molecule has 0 bridgehead atoms. The highest BCUT2D eigenvalue weighted by Crippen LogP contribution is 2.23. The fourth-order valence-electron chi connectivity index (χ4n) is 1.81. The predicted molar refractivity (Wildman–Crippen MR) is 66.4 cm³/mol. The Morgan fingerprint density at radius 2 is 1.81 bits per heavy atom. The van der Waals surface area contributed by atoms with Crippen LogP contribution in [0.2, 0.25) is 0 Å². The molecule has 0 aromatic heterocycles. The minimum Gasteiger partial charge on any atom is -0.478 e. The van der Waals surface area contributed by atoms with Gasteiger partial charge in [-0.25, -0.2) is 4.79 Å². The Labute approximate surface area is 96.6 Å². The minimum atomic E-state index is -0.913. The summed E-state index contributed by atoms with van der Waals surface area (Å²) in [6.45, 7) is 4.37. The maximum Gasteiger partial charge on any atom is 0.328 e. The van der Waals surface area contributed by atoms with Gasteiger partial charge in [0.1, 0.15) is 0 Å². The van der Waals surface area contributed by atoms with Crippen LogP contribution in [0.15, 0.2) is 30.3 Å². The predicted octanol–water partition coefficient (Wildman–Crippen LogP) is 3.69. The van der Waals surface area contributed by atoms with E-state index in [0.717, 1.165) is 24.5 Å². The molecule has 86 valence electrons. The van der Waals surface area contributed by atoms with Crippen molar-refractivity contribution >= 4 is 12.0 Å². The van der Waals surface area contributed by atoms with E-state index in [-0.39, 0.29) is 0 Å². The first-order valence-corrected chi connectivity index (χ1v) is 5.68. The second-order valence-electron chi connectivity index (χ2n) is 3.85. The number of carboxylic acids is 1. The second-order valence-corrected chi connectivity index (χ2v) is 3.85. The van der Waals surface area contributed by atoms with Crippen molar-refractivity contribution in [1.29, 1.82) is 0 Å². The number of carbonyl (C=O) groups is 1. The van der Waals surface area contributed by atoms with Crippen LogP contribution in [-0.2, 0) is 4.79 Å². The van der Waals surface area contributed by atoms with E-state index in [9.17, 15) is 4.79 Å². The zero-order chi connectivity index (χ0) is 12.0. The van der Waals surface area contributed by atoms with E-state index in [1.807, 2.05) is 12.1 Å². The van der Waals surface area contributed by atoms with E-state index in [1.165, 1.54) is 5.56 Å². The topological polar surface area (TPSA) is 37.3 Å². The zero-order valence-corrected chi connectivity index (χ0v) is 9.81. The molecule has 0 fully saturated rings. The Balaban J connectivity index is 2.78. The van der Waals surface area contributed by atoms with Crippen molar-refractivity contribution in [2.45, 2.75) is 32.6 Å². The first-order chi connectivity index (χ1) is 7.67. The summed E-state index contributed by atoms with van der Waals surface area (Å²) in [5.41, 5.74) is 2.26. The van der Waals surface area contributed by atoms with Crippen molar-refractivity contribution in [2.75, 3.05) is 0 Å². The number of carboxylic acid groups (broad SMARTS) is 1. The molecule has 0 aliphatic heterocycles. The fourth-order valence-corrected chi connectivity index (χ4v) is 1.81. The van der Waals surface area contributed by atoms with Gasteiger partial charge in [-0.1, -0.05) is 38.1 Å². The number of rotatable bonds is 5. The molecular weight excluding hydrogens is 200 g/mol. The smallest absolute Gasteiger partial charge is 0.328 e. The van der Waals surface area contributed by atoms with Gasteiger partial charge in [-0.3, -0.25) is 0 Å². The van der Waals surface area contributed by atoms with Crippen LogP contribution in [0.3, 0.4) is 0 Å². The lowest BCUT2D eigenvalue weighted by Crippen LogP contribution is -1.94. The van der Waals surface area contributed by atoms with E-state index in [2.05, 4.69) is 26.0 Å². The first-order valence-electron chi connectivity index (χ1n) is 5.68. The van der Waals surface area contributed by atoms with E-state index < -0.39 is 5.97 Å². The van der Waals surface area contributed by atoms with Crippen molar-refractivity contribution in [3.05, 3.63) is 41.5 Å². The Kier molecular flexibility index (Phi) is 4.77. The van der Waals surface area contributed by atoms with Gasteiger partial charge in [0.05, 0.1) is 0 Å². The quantitative estimate of drug-likeness (QED) is 0.765. The van der Waals surface area contributed by atoms with Crippen LogP contribution in [0.5, 0.6) is 0 Å². The third-order valence-corrected chi connectivity index (χ3v) is 2.81. The summed E-state index contributed by atoms with van der Waals surface area (Å²) in [6.07, 6.45) is 5.05. The molecular formula is C14H18O2. The molecule has 0 unspecified atom stereocenters. The first kappa shape index (κ1) is 12.5. The average molecular weight is 218 g/mol. The Morgan fingerprint density at radius 3 is 2.25 bits per heavy atom.